The molecule has 1 aromatic heterocycles. The van der Waals surface area contributed by atoms with Gasteiger partial charge in [-0.15, -0.1) is 0 Å². The number of morpholine rings is 1. The van der Waals surface area contributed by atoms with Crippen molar-refractivity contribution in [2.24, 2.45) is 5.41 Å². The fourth-order valence-electron chi connectivity index (χ4n) is 3.86. The molecule has 0 radical (unpaired) electrons. The maximum Gasteiger partial charge on any atom is 0.240 e. The highest BCUT2D eigenvalue weighted by Crippen LogP contribution is 2.39. The molecule has 26 heavy (non-hydrogen) atoms. The summed E-state index contributed by atoms with van der Waals surface area (Å²) in [6, 6.07) is 0. The van der Waals surface area contributed by atoms with Crippen LogP contribution >= 0.6 is 0 Å². The van der Waals surface area contributed by atoms with E-state index in [0.717, 1.165) is 45.8 Å². The highest BCUT2D eigenvalue weighted by atomic mass is 16.5. The second kappa shape index (κ2) is 8.31. The number of ether oxygens (including phenoxy) is 2. The third-order valence-electron chi connectivity index (χ3n) is 5.71. The third kappa shape index (κ3) is 4.61. The average Bonchev–Trinajstić information content (AvgIpc) is 3.05. The molecule has 1 aromatic rings. The Morgan fingerprint density at radius 2 is 1.96 bits per heavy atom. The number of piperidine rings is 1. The summed E-state index contributed by atoms with van der Waals surface area (Å²) in [7, 11) is 1.66. The first-order valence-corrected chi connectivity index (χ1v) is 9.47. The second-order valence-corrected chi connectivity index (χ2v) is 8.11. The molecule has 2 aliphatic rings. The first-order chi connectivity index (χ1) is 12.4. The largest absolute Gasteiger partial charge is 0.388 e. The van der Waals surface area contributed by atoms with Crippen molar-refractivity contribution in [2.75, 3.05) is 59.7 Å². The Morgan fingerprint density at radius 3 is 2.65 bits per heavy atom. The number of aliphatic hydroxyl groups is 1. The lowest BCUT2D eigenvalue weighted by Gasteiger charge is -2.52. The summed E-state index contributed by atoms with van der Waals surface area (Å²) in [5.74, 6) is 1.31. The Kier molecular flexibility index (Phi) is 6.29. The number of rotatable bonds is 7. The lowest BCUT2D eigenvalue weighted by Crippen LogP contribution is -2.62. The zero-order valence-electron chi connectivity index (χ0n) is 16.2. The van der Waals surface area contributed by atoms with Crippen molar-refractivity contribution in [2.45, 2.75) is 38.8 Å². The van der Waals surface area contributed by atoms with Crippen LogP contribution in [0.4, 0.5) is 0 Å². The van der Waals surface area contributed by atoms with Gasteiger partial charge in [-0.2, -0.15) is 4.98 Å². The van der Waals surface area contributed by atoms with Crippen molar-refractivity contribution in [3.05, 3.63) is 11.7 Å². The van der Waals surface area contributed by atoms with E-state index in [2.05, 4.69) is 33.8 Å². The van der Waals surface area contributed by atoms with Gasteiger partial charge < -0.3 is 19.1 Å². The van der Waals surface area contributed by atoms with Crippen molar-refractivity contribution in [1.82, 2.24) is 19.9 Å². The van der Waals surface area contributed by atoms with Crippen LogP contribution in [0.1, 0.15) is 32.0 Å². The Bertz CT molecular complexity index is 573. The van der Waals surface area contributed by atoms with Crippen LogP contribution in [0.5, 0.6) is 0 Å². The van der Waals surface area contributed by atoms with Gasteiger partial charge in [-0.1, -0.05) is 19.0 Å². The van der Waals surface area contributed by atoms with E-state index in [1.807, 2.05) is 0 Å². The van der Waals surface area contributed by atoms with Crippen molar-refractivity contribution >= 4 is 0 Å². The minimum absolute atomic E-state index is 0.220. The van der Waals surface area contributed by atoms with E-state index in [9.17, 15) is 5.11 Å². The van der Waals surface area contributed by atoms with Gasteiger partial charge in [0.15, 0.2) is 5.82 Å². The molecule has 148 valence electrons. The van der Waals surface area contributed by atoms with Crippen LogP contribution in [0, 0.1) is 5.41 Å². The van der Waals surface area contributed by atoms with Crippen LogP contribution in [-0.2, 0) is 22.4 Å². The minimum atomic E-state index is -0.695. The topological polar surface area (TPSA) is 84.1 Å². The number of nitrogens with zero attached hydrogens (tertiary/aromatic N) is 4. The third-order valence-corrected chi connectivity index (χ3v) is 5.71. The smallest absolute Gasteiger partial charge is 0.240 e. The minimum Gasteiger partial charge on any atom is -0.388 e. The highest BCUT2D eigenvalue weighted by Gasteiger charge is 2.48. The summed E-state index contributed by atoms with van der Waals surface area (Å²) in [6.07, 6.45) is 1.40. The molecule has 0 spiro atoms. The van der Waals surface area contributed by atoms with Crippen LogP contribution in [0.3, 0.4) is 0 Å². The first kappa shape index (κ1) is 19.7. The normalized spacial score (nSPS) is 27.7. The molecule has 0 bridgehead atoms. The van der Waals surface area contributed by atoms with Gasteiger partial charge in [0, 0.05) is 51.7 Å². The highest BCUT2D eigenvalue weighted by molar-refractivity contribution is 5.02. The molecular weight excluding hydrogens is 336 g/mol. The number of hydrogen-bond acceptors (Lipinski definition) is 8. The molecule has 0 aliphatic carbocycles. The number of hydrogen-bond donors (Lipinski definition) is 1. The maximum absolute atomic E-state index is 11.4. The Morgan fingerprint density at radius 1 is 1.19 bits per heavy atom. The van der Waals surface area contributed by atoms with Crippen LogP contribution in [0.25, 0.3) is 0 Å². The molecule has 3 rings (SSSR count). The predicted octanol–water partition coefficient (Wildman–Crippen LogP) is 0.554. The zero-order chi connectivity index (χ0) is 18.6. The molecule has 2 saturated heterocycles. The molecule has 1 N–H and O–H groups in total. The molecular formula is C18H32N4O4. The van der Waals surface area contributed by atoms with E-state index >= 15 is 0 Å². The Hall–Kier alpha value is -1.06. The average molecular weight is 368 g/mol. The van der Waals surface area contributed by atoms with Gasteiger partial charge in [-0.3, -0.25) is 9.80 Å². The lowest BCUT2D eigenvalue weighted by molar-refractivity contribution is -0.141. The molecule has 1 atom stereocenters. The molecule has 0 amide bonds. The van der Waals surface area contributed by atoms with Gasteiger partial charge >= 0.3 is 0 Å². The van der Waals surface area contributed by atoms with E-state index in [0.29, 0.717) is 37.8 Å². The summed E-state index contributed by atoms with van der Waals surface area (Å²) >= 11 is 0. The van der Waals surface area contributed by atoms with Crippen LogP contribution in [-0.4, -0.2) is 90.3 Å². The van der Waals surface area contributed by atoms with Crippen molar-refractivity contribution in [3.63, 3.8) is 0 Å². The van der Waals surface area contributed by atoms with Gasteiger partial charge in [-0.05, 0) is 6.42 Å². The first-order valence-electron chi connectivity index (χ1n) is 9.47. The fraction of sp³-hybridized carbons (Fsp3) is 0.889. The molecule has 0 saturated carbocycles. The fourth-order valence-corrected chi connectivity index (χ4v) is 3.86. The number of likely N-dealkylation sites (tertiary alicyclic amines) is 1. The van der Waals surface area contributed by atoms with Gasteiger partial charge in [-0.25, -0.2) is 0 Å². The summed E-state index contributed by atoms with van der Waals surface area (Å²) < 4.78 is 15.8. The Balaban J connectivity index is 1.56. The second-order valence-electron chi connectivity index (χ2n) is 8.11. The number of aromatic nitrogens is 2. The van der Waals surface area contributed by atoms with E-state index in [1.165, 1.54) is 0 Å². The monoisotopic (exact) mass is 368 g/mol. The van der Waals surface area contributed by atoms with Gasteiger partial charge in [0.1, 0.15) is 0 Å². The molecule has 8 nitrogen and oxygen atoms in total. The zero-order valence-corrected chi connectivity index (χ0v) is 16.2. The molecule has 2 fully saturated rings. The summed E-state index contributed by atoms with van der Waals surface area (Å²) in [4.78, 5) is 9.05. The van der Waals surface area contributed by atoms with Crippen molar-refractivity contribution in [1.29, 1.82) is 0 Å². The van der Waals surface area contributed by atoms with Gasteiger partial charge in [0.2, 0.25) is 5.89 Å². The van der Waals surface area contributed by atoms with Gasteiger partial charge in [0.05, 0.1) is 32.0 Å². The number of β-amino-alcohol motifs (C(OH)–C–C–N with tert-alkyl or cyclic N) is 1. The summed E-state index contributed by atoms with van der Waals surface area (Å²) in [5, 5.41) is 15.4. The van der Waals surface area contributed by atoms with E-state index in [-0.39, 0.29) is 5.41 Å². The molecule has 8 heteroatoms. The van der Waals surface area contributed by atoms with Crippen molar-refractivity contribution in [3.8, 4) is 0 Å². The quantitative estimate of drug-likeness (QED) is 0.747. The standard InChI is InChI=1S/C18H32N4O4/c1-17(2)13-22(12-16-19-15(20-26-16)4-9-24-3)6-5-18(17,23)14-21-7-10-25-11-8-21/h23H,4-14H2,1-3H3. The van der Waals surface area contributed by atoms with Crippen molar-refractivity contribution < 1.29 is 19.1 Å². The number of methoxy groups -OCH3 is 1. The molecule has 1 unspecified atom stereocenters. The summed E-state index contributed by atoms with van der Waals surface area (Å²) in [6.45, 7) is 11.1. The van der Waals surface area contributed by atoms with Gasteiger partial charge in [0.25, 0.3) is 0 Å². The van der Waals surface area contributed by atoms with E-state index in [4.69, 9.17) is 14.0 Å². The lowest BCUT2D eigenvalue weighted by atomic mass is 9.69. The van der Waals surface area contributed by atoms with Crippen LogP contribution < -0.4 is 0 Å². The maximum atomic E-state index is 11.4. The SMILES string of the molecule is COCCc1noc(CN2CCC(O)(CN3CCOCC3)C(C)(C)C2)n1. The molecule has 0 aromatic carbocycles. The van der Waals surface area contributed by atoms with E-state index < -0.39 is 5.60 Å². The van der Waals surface area contributed by atoms with E-state index in [1.54, 1.807) is 7.11 Å². The molecule has 3 heterocycles. The van der Waals surface area contributed by atoms with Crippen LogP contribution in [0.15, 0.2) is 4.52 Å². The Labute approximate surface area is 155 Å². The summed E-state index contributed by atoms with van der Waals surface area (Å²) in [5.41, 5.74) is -0.915. The predicted molar refractivity (Wildman–Crippen MR) is 95.8 cm³/mol. The van der Waals surface area contributed by atoms with Crippen LogP contribution in [0.2, 0.25) is 0 Å². The molecule has 2 aliphatic heterocycles.